The lowest BCUT2D eigenvalue weighted by atomic mass is 10.1. The van der Waals surface area contributed by atoms with Crippen molar-refractivity contribution in [3.8, 4) is 0 Å². The molecule has 0 aromatic carbocycles. The van der Waals surface area contributed by atoms with E-state index in [-0.39, 0.29) is 0 Å². The molecule has 0 saturated heterocycles. The molecule has 1 aromatic rings. The molecule has 0 spiro atoms. The number of aromatic nitrogens is 2. The first-order chi connectivity index (χ1) is 5.22. The fourth-order valence-electron chi connectivity index (χ4n) is 0.736. The van der Waals surface area contributed by atoms with Crippen LogP contribution in [0.5, 0.6) is 0 Å². The van der Waals surface area contributed by atoms with Crippen molar-refractivity contribution in [3.05, 3.63) is 36.4 Å². The molecule has 0 radical (unpaired) electrons. The molecule has 3 nitrogen and oxygen atoms in total. The zero-order valence-electron chi connectivity index (χ0n) is 6.36. The van der Waals surface area contributed by atoms with E-state index in [1.54, 1.807) is 19.3 Å². The minimum atomic E-state index is -0.642. The fraction of sp³-hybridized carbons (Fsp3) is 0.250. The quantitative estimate of drug-likeness (QED) is 0.642. The smallest absolute Gasteiger partial charge is 0.115 e. The second kappa shape index (κ2) is 3.25. The minimum absolute atomic E-state index is 0.642. The summed E-state index contributed by atoms with van der Waals surface area (Å²) < 4.78 is 0. The van der Waals surface area contributed by atoms with Crippen LogP contribution in [-0.4, -0.2) is 15.1 Å². The Bertz CT molecular complexity index is 246. The van der Waals surface area contributed by atoms with Crippen LogP contribution in [0.25, 0.3) is 0 Å². The van der Waals surface area contributed by atoms with Crippen molar-refractivity contribution < 1.29 is 5.11 Å². The largest absolute Gasteiger partial charge is 0.384 e. The lowest BCUT2D eigenvalue weighted by Crippen LogP contribution is -1.98. The molecule has 1 unspecified atom stereocenters. The molecule has 0 saturated carbocycles. The zero-order valence-corrected chi connectivity index (χ0v) is 6.36. The number of hydrogen-bond donors (Lipinski definition) is 1. The van der Waals surface area contributed by atoms with E-state index < -0.39 is 6.10 Å². The van der Waals surface area contributed by atoms with Crippen LogP contribution in [0.15, 0.2) is 30.9 Å². The maximum atomic E-state index is 9.42. The highest BCUT2D eigenvalue weighted by molar-refractivity contribution is 5.16. The van der Waals surface area contributed by atoms with Crippen molar-refractivity contribution in [1.29, 1.82) is 0 Å². The second-order valence-corrected chi connectivity index (χ2v) is 2.42. The predicted octanol–water partition coefficient (Wildman–Crippen LogP) is 1.09. The van der Waals surface area contributed by atoms with Gasteiger partial charge in [0, 0.05) is 18.0 Å². The summed E-state index contributed by atoms with van der Waals surface area (Å²) in [6.45, 7) is 5.39. The molecule has 0 fully saturated rings. The highest BCUT2D eigenvalue weighted by Crippen LogP contribution is 2.16. The average molecular weight is 150 g/mol. The Hall–Kier alpha value is -1.22. The van der Waals surface area contributed by atoms with E-state index >= 15 is 0 Å². The third-order valence-electron chi connectivity index (χ3n) is 1.36. The van der Waals surface area contributed by atoms with E-state index in [2.05, 4.69) is 16.5 Å². The van der Waals surface area contributed by atoms with Crippen LogP contribution in [0.1, 0.15) is 18.6 Å². The lowest BCUT2D eigenvalue weighted by Gasteiger charge is -2.07. The number of nitrogens with zero attached hydrogens (tertiary/aromatic N) is 2. The van der Waals surface area contributed by atoms with E-state index in [0.29, 0.717) is 11.1 Å². The third-order valence-corrected chi connectivity index (χ3v) is 1.36. The Labute approximate surface area is 65.4 Å². The van der Waals surface area contributed by atoms with Gasteiger partial charge in [0.05, 0.1) is 0 Å². The molecular weight excluding hydrogens is 140 g/mol. The summed E-state index contributed by atoms with van der Waals surface area (Å²) in [6, 6.07) is 0. The van der Waals surface area contributed by atoms with Crippen LogP contribution in [-0.2, 0) is 0 Å². The van der Waals surface area contributed by atoms with Crippen LogP contribution in [0.2, 0.25) is 0 Å². The van der Waals surface area contributed by atoms with Crippen LogP contribution >= 0.6 is 0 Å². The van der Waals surface area contributed by atoms with Gasteiger partial charge in [0.2, 0.25) is 0 Å². The van der Waals surface area contributed by atoms with Crippen molar-refractivity contribution in [3.63, 3.8) is 0 Å². The van der Waals surface area contributed by atoms with Crippen LogP contribution < -0.4 is 0 Å². The van der Waals surface area contributed by atoms with E-state index in [1.807, 2.05) is 0 Å². The molecule has 58 valence electrons. The monoisotopic (exact) mass is 150 g/mol. The maximum Gasteiger partial charge on any atom is 0.115 e. The van der Waals surface area contributed by atoms with E-state index in [0.717, 1.165) is 0 Å². The summed E-state index contributed by atoms with van der Waals surface area (Å²) in [4.78, 5) is 7.55. The summed E-state index contributed by atoms with van der Waals surface area (Å²) in [6.07, 6.45) is 3.93. The molecule has 1 rings (SSSR count). The van der Waals surface area contributed by atoms with Gasteiger partial charge in [0.25, 0.3) is 0 Å². The van der Waals surface area contributed by atoms with Gasteiger partial charge in [-0.05, 0) is 12.5 Å². The van der Waals surface area contributed by atoms with Gasteiger partial charge >= 0.3 is 0 Å². The SMILES string of the molecule is C=C(C)C(O)c1cncnc1. The van der Waals surface area contributed by atoms with Crippen molar-refractivity contribution in [1.82, 2.24) is 9.97 Å². The molecule has 0 aliphatic heterocycles. The van der Waals surface area contributed by atoms with E-state index in [4.69, 9.17) is 0 Å². The molecule has 0 bridgehead atoms. The van der Waals surface area contributed by atoms with Gasteiger partial charge in [0.1, 0.15) is 12.4 Å². The van der Waals surface area contributed by atoms with Gasteiger partial charge in [-0.15, -0.1) is 0 Å². The molecule has 11 heavy (non-hydrogen) atoms. The van der Waals surface area contributed by atoms with E-state index in [9.17, 15) is 5.11 Å². The number of aliphatic hydroxyl groups is 1. The van der Waals surface area contributed by atoms with Crippen molar-refractivity contribution in [2.24, 2.45) is 0 Å². The first-order valence-electron chi connectivity index (χ1n) is 3.30. The number of hydrogen-bond acceptors (Lipinski definition) is 3. The van der Waals surface area contributed by atoms with Crippen LogP contribution in [0.3, 0.4) is 0 Å². The molecule has 3 heteroatoms. The van der Waals surface area contributed by atoms with Gasteiger partial charge in [0.15, 0.2) is 0 Å². The first kappa shape index (κ1) is 7.88. The van der Waals surface area contributed by atoms with Gasteiger partial charge in [-0.2, -0.15) is 0 Å². The van der Waals surface area contributed by atoms with Gasteiger partial charge in [-0.3, -0.25) is 0 Å². The predicted molar refractivity (Wildman–Crippen MR) is 41.8 cm³/mol. The summed E-state index contributed by atoms with van der Waals surface area (Å²) in [5.74, 6) is 0. The topological polar surface area (TPSA) is 46.0 Å². The highest BCUT2D eigenvalue weighted by Gasteiger charge is 2.06. The Morgan fingerprint density at radius 2 is 2.09 bits per heavy atom. The normalized spacial score (nSPS) is 12.5. The summed E-state index contributed by atoms with van der Waals surface area (Å²) in [5.41, 5.74) is 1.37. The standard InChI is InChI=1S/C8H10N2O/c1-6(2)8(11)7-3-9-5-10-4-7/h3-5,8,11H,1H2,2H3. The lowest BCUT2D eigenvalue weighted by molar-refractivity contribution is 0.215. The van der Waals surface area contributed by atoms with Crippen LogP contribution in [0, 0.1) is 0 Å². The molecular formula is C8H10N2O. The molecule has 1 N–H and O–H groups in total. The average Bonchev–Trinajstić information content (AvgIpc) is 2.05. The second-order valence-electron chi connectivity index (χ2n) is 2.42. The molecule has 1 heterocycles. The van der Waals surface area contributed by atoms with Gasteiger partial charge in [-0.1, -0.05) is 6.58 Å². The molecule has 0 aliphatic rings. The molecule has 0 aliphatic carbocycles. The molecule has 0 amide bonds. The highest BCUT2D eigenvalue weighted by atomic mass is 16.3. The van der Waals surface area contributed by atoms with Crippen LogP contribution in [0.4, 0.5) is 0 Å². The first-order valence-corrected chi connectivity index (χ1v) is 3.30. The Morgan fingerprint density at radius 1 is 1.55 bits per heavy atom. The third kappa shape index (κ3) is 1.85. The van der Waals surface area contributed by atoms with Gasteiger partial charge in [-0.25, -0.2) is 9.97 Å². The zero-order chi connectivity index (χ0) is 8.27. The summed E-state index contributed by atoms with van der Waals surface area (Å²) in [5, 5.41) is 9.42. The molecule has 1 aromatic heterocycles. The fourth-order valence-corrected chi connectivity index (χ4v) is 0.736. The Kier molecular flexibility index (Phi) is 2.33. The Balaban J connectivity index is 2.85. The maximum absolute atomic E-state index is 9.42. The van der Waals surface area contributed by atoms with Crippen molar-refractivity contribution >= 4 is 0 Å². The number of aliphatic hydroxyl groups excluding tert-OH is 1. The van der Waals surface area contributed by atoms with Crippen molar-refractivity contribution in [2.75, 3.05) is 0 Å². The summed E-state index contributed by atoms with van der Waals surface area (Å²) >= 11 is 0. The van der Waals surface area contributed by atoms with Gasteiger partial charge < -0.3 is 5.11 Å². The number of rotatable bonds is 2. The van der Waals surface area contributed by atoms with E-state index in [1.165, 1.54) is 6.33 Å². The Morgan fingerprint density at radius 3 is 2.55 bits per heavy atom. The van der Waals surface area contributed by atoms with Crippen molar-refractivity contribution in [2.45, 2.75) is 13.0 Å². The minimum Gasteiger partial charge on any atom is -0.384 e. The molecule has 1 atom stereocenters. The summed E-state index contributed by atoms with van der Waals surface area (Å²) in [7, 11) is 0.